The van der Waals surface area contributed by atoms with Crippen LogP contribution in [0.2, 0.25) is 0 Å². The van der Waals surface area contributed by atoms with Crippen LogP contribution < -0.4 is 31.2 Å². The zero-order chi connectivity index (χ0) is 26.3. The van der Waals surface area contributed by atoms with Crippen molar-refractivity contribution in [1.29, 1.82) is 0 Å². The van der Waals surface area contributed by atoms with Crippen LogP contribution in [0.4, 0.5) is 27.6 Å². The van der Waals surface area contributed by atoms with E-state index in [2.05, 4.69) is 29.9 Å². The average Bonchev–Trinajstić information content (AvgIpc) is 3.11. The molecule has 36 heavy (non-hydrogen) atoms. The summed E-state index contributed by atoms with van der Waals surface area (Å²) in [5.41, 5.74) is -4.09. The number of H-pyrrole nitrogens is 3. The average molecular weight is 517 g/mol. The van der Waals surface area contributed by atoms with Crippen molar-refractivity contribution in [2.75, 3.05) is 31.7 Å². The lowest BCUT2D eigenvalue weighted by atomic mass is 10.1. The molecule has 0 aromatic carbocycles. The summed E-state index contributed by atoms with van der Waals surface area (Å²) in [5.74, 6) is -5.70. The van der Waals surface area contributed by atoms with E-state index in [1.165, 1.54) is 0 Å². The molecule has 17 heteroatoms. The van der Waals surface area contributed by atoms with Crippen molar-refractivity contribution in [3.8, 4) is 23.1 Å². The Labute approximate surface area is 196 Å². The predicted octanol–water partition coefficient (Wildman–Crippen LogP) is 0.781. The number of nitrogens with one attached hydrogen (secondary N) is 3. The molecule has 3 N–H and O–H groups in total. The zero-order valence-corrected chi connectivity index (χ0v) is 18.2. The molecule has 0 aliphatic carbocycles. The highest BCUT2D eigenvalue weighted by atomic mass is 19.4. The third-order valence-electron chi connectivity index (χ3n) is 5.30. The first-order valence-corrected chi connectivity index (χ1v) is 10.0. The first kappa shape index (κ1) is 24.8. The maximum atomic E-state index is 14.7. The van der Waals surface area contributed by atoms with Crippen LogP contribution in [-0.4, -0.2) is 62.9 Å². The molecule has 12 nitrogen and oxygen atoms in total. The van der Waals surface area contributed by atoms with Gasteiger partial charge in [-0.1, -0.05) is 0 Å². The van der Waals surface area contributed by atoms with Gasteiger partial charge in [0.2, 0.25) is 5.88 Å². The molecule has 0 spiro atoms. The summed E-state index contributed by atoms with van der Waals surface area (Å²) < 4.78 is 78.0. The molecule has 0 bridgehead atoms. The second kappa shape index (κ2) is 9.04. The quantitative estimate of drug-likeness (QED) is 0.402. The van der Waals surface area contributed by atoms with Crippen molar-refractivity contribution in [3.63, 3.8) is 0 Å². The lowest BCUT2D eigenvalue weighted by molar-refractivity contribution is -0.139. The van der Waals surface area contributed by atoms with E-state index in [-0.39, 0.29) is 23.5 Å². The van der Waals surface area contributed by atoms with Crippen LogP contribution in [0, 0.1) is 5.92 Å². The highest BCUT2D eigenvalue weighted by Gasteiger charge is 2.49. The first-order chi connectivity index (χ1) is 16.9. The molecule has 3 aromatic rings. The Morgan fingerprint density at radius 1 is 1.22 bits per heavy atom. The van der Waals surface area contributed by atoms with Gasteiger partial charge in [-0.15, -0.1) is 0 Å². The number of ether oxygens (including phenoxy) is 2. The predicted molar refractivity (Wildman–Crippen MR) is 111 cm³/mol. The Kier molecular flexibility index (Phi) is 6.23. The molecule has 1 saturated heterocycles. The molecular weight excluding hydrogens is 501 g/mol. The van der Waals surface area contributed by atoms with Crippen molar-refractivity contribution in [2.45, 2.75) is 12.1 Å². The Hall–Kier alpha value is -4.31. The molecule has 0 saturated carbocycles. The van der Waals surface area contributed by atoms with Gasteiger partial charge in [-0.05, 0) is 6.07 Å². The van der Waals surface area contributed by atoms with Crippen molar-refractivity contribution in [1.82, 2.24) is 30.1 Å². The number of hydrogen-bond donors (Lipinski definition) is 3. The van der Waals surface area contributed by atoms with E-state index in [0.717, 1.165) is 24.3 Å². The van der Waals surface area contributed by atoms with Crippen molar-refractivity contribution in [3.05, 3.63) is 55.2 Å². The van der Waals surface area contributed by atoms with E-state index in [1.807, 2.05) is 4.98 Å². The maximum Gasteiger partial charge on any atom is 0.423 e. The van der Waals surface area contributed by atoms with E-state index < -0.39 is 65.4 Å². The highest BCUT2D eigenvalue weighted by Crippen LogP contribution is 2.37. The molecule has 1 aliphatic heterocycles. The summed E-state index contributed by atoms with van der Waals surface area (Å²) in [6.07, 6.45) is -3.32. The summed E-state index contributed by atoms with van der Waals surface area (Å²) in [7, 11) is 0.950. The van der Waals surface area contributed by atoms with Gasteiger partial charge in [-0.25, -0.2) is 23.7 Å². The third kappa shape index (κ3) is 4.89. The molecule has 0 amide bonds. The van der Waals surface area contributed by atoms with Gasteiger partial charge >= 0.3 is 17.9 Å². The van der Waals surface area contributed by atoms with Crippen molar-refractivity contribution >= 4 is 5.69 Å². The highest BCUT2D eigenvalue weighted by molar-refractivity contribution is 5.62. The fourth-order valence-electron chi connectivity index (χ4n) is 3.52. The van der Waals surface area contributed by atoms with Gasteiger partial charge < -0.3 is 19.4 Å². The fraction of sp³-hybridized carbons (Fsp3) is 0.368. The van der Waals surface area contributed by atoms with Crippen molar-refractivity contribution < 1.29 is 31.4 Å². The van der Waals surface area contributed by atoms with Crippen LogP contribution in [0.15, 0.2) is 32.8 Å². The van der Waals surface area contributed by atoms with Crippen molar-refractivity contribution in [2.24, 2.45) is 5.92 Å². The number of aromatic amines is 3. The van der Waals surface area contributed by atoms with E-state index in [9.17, 15) is 36.3 Å². The van der Waals surface area contributed by atoms with Gasteiger partial charge in [0.1, 0.15) is 17.9 Å². The molecule has 1 fully saturated rings. The number of methoxy groups -OCH3 is 1. The third-order valence-corrected chi connectivity index (χ3v) is 5.30. The molecule has 192 valence electrons. The maximum absolute atomic E-state index is 14.7. The number of nitrogens with zero attached hydrogens (tertiary/aromatic N) is 4. The Balaban J connectivity index is 1.54. The van der Waals surface area contributed by atoms with Gasteiger partial charge in [-0.3, -0.25) is 14.6 Å². The smallest absolute Gasteiger partial charge is 0.423 e. The van der Waals surface area contributed by atoms with Crippen LogP contribution >= 0.6 is 0 Å². The first-order valence-electron chi connectivity index (χ1n) is 10.0. The summed E-state index contributed by atoms with van der Waals surface area (Å²) in [5, 5.41) is 5.84. The minimum absolute atomic E-state index is 0.0876. The summed E-state index contributed by atoms with van der Waals surface area (Å²) >= 11 is 0. The van der Waals surface area contributed by atoms with E-state index in [4.69, 9.17) is 4.74 Å². The van der Waals surface area contributed by atoms with Gasteiger partial charge in [-0.2, -0.15) is 23.3 Å². The SMILES string of the molecule is COc1nc(OCC2CN(c3cc(-c4c[nH]c(=O)[nH]c4=O)n[nH]c3=O)CC2(F)F)ncc1C(F)(F)F. The number of aromatic nitrogens is 6. The normalized spacial score (nSPS) is 17.3. The topological polar surface area (TPSA) is 159 Å². The lowest BCUT2D eigenvalue weighted by Crippen LogP contribution is -2.32. The van der Waals surface area contributed by atoms with E-state index in [0.29, 0.717) is 6.20 Å². The Morgan fingerprint density at radius 2 is 1.97 bits per heavy atom. The van der Waals surface area contributed by atoms with Crippen LogP contribution in [0.5, 0.6) is 11.9 Å². The second-order valence-electron chi connectivity index (χ2n) is 7.68. The summed E-state index contributed by atoms with van der Waals surface area (Å²) in [6.45, 7) is -1.97. The largest absolute Gasteiger partial charge is 0.480 e. The summed E-state index contributed by atoms with van der Waals surface area (Å²) in [6, 6.07) is 0.515. The molecule has 1 aliphatic rings. The van der Waals surface area contributed by atoms with Crippen LogP contribution in [0.3, 0.4) is 0 Å². The number of alkyl halides is 5. The van der Waals surface area contributed by atoms with Gasteiger partial charge in [0.25, 0.3) is 17.0 Å². The molecule has 1 unspecified atom stereocenters. The van der Waals surface area contributed by atoms with Gasteiger partial charge in [0.15, 0.2) is 0 Å². The fourth-order valence-corrected chi connectivity index (χ4v) is 3.52. The van der Waals surface area contributed by atoms with E-state index >= 15 is 0 Å². The molecular formula is C19H16F5N7O5. The van der Waals surface area contributed by atoms with Crippen LogP contribution in [0.25, 0.3) is 11.3 Å². The van der Waals surface area contributed by atoms with Gasteiger partial charge in [0, 0.05) is 12.7 Å². The monoisotopic (exact) mass is 517 g/mol. The minimum atomic E-state index is -4.79. The molecule has 3 aromatic heterocycles. The minimum Gasteiger partial charge on any atom is -0.480 e. The number of rotatable bonds is 6. The Bertz CT molecular complexity index is 1450. The molecule has 4 heterocycles. The second-order valence-corrected chi connectivity index (χ2v) is 7.68. The summed E-state index contributed by atoms with van der Waals surface area (Å²) in [4.78, 5) is 47.7. The number of anilines is 1. The molecule has 0 radical (unpaired) electrons. The van der Waals surface area contributed by atoms with E-state index in [1.54, 1.807) is 0 Å². The molecule has 4 rings (SSSR count). The van der Waals surface area contributed by atoms with Crippen LogP contribution in [0.1, 0.15) is 5.56 Å². The molecule has 1 atom stereocenters. The standard InChI is InChI=1S/C19H16F5N7O5/c1-35-15-10(19(22,23)24)4-26-17(28-15)36-6-8-5-31(7-18(8,20)21)12-2-11(29-30-14(12)33)9-3-25-16(34)27-13(9)32/h2-4,8H,5-7H2,1H3,(H,30,33)(H2,25,27,32,34). The number of halogens is 5. The zero-order valence-electron chi connectivity index (χ0n) is 18.2. The van der Waals surface area contributed by atoms with Gasteiger partial charge in [0.05, 0.1) is 37.0 Å². The van der Waals surface area contributed by atoms with Crippen LogP contribution in [-0.2, 0) is 6.18 Å². The lowest BCUT2D eigenvalue weighted by Gasteiger charge is -2.17. The Morgan fingerprint density at radius 3 is 2.64 bits per heavy atom. The number of hydrogen-bond acceptors (Lipinski definition) is 9.